The Morgan fingerprint density at radius 2 is 2.28 bits per heavy atom. The highest BCUT2D eigenvalue weighted by Crippen LogP contribution is 2.40. The molecule has 0 aliphatic heterocycles. The maximum Gasteiger partial charge on any atom is 0.224 e. The molecule has 3 nitrogen and oxygen atoms in total. The van der Waals surface area contributed by atoms with Crippen LogP contribution in [0.15, 0.2) is 24.3 Å². The third-order valence-electron chi connectivity index (χ3n) is 3.49. The van der Waals surface area contributed by atoms with Crippen LogP contribution in [-0.4, -0.2) is 19.0 Å². The van der Waals surface area contributed by atoms with Crippen molar-refractivity contribution >= 4 is 5.91 Å². The molecule has 1 fully saturated rings. The molecule has 0 radical (unpaired) electrons. The summed E-state index contributed by atoms with van der Waals surface area (Å²) < 4.78 is 0. The van der Waals surface area contributed by atoms with Gasteiger partial charge >= 0.3 is 0 Å². The van der Waals surface area contributed by atoms with Gasteiger partial charge in [0.1, 0.15) is 0 Å². The Balaban J connectivity index is 2.01. The summed E-state index contributed by atoms with van der Waals surface area (Å²) in [5.41, 5.74) is 8.34. The van der Waals surface area contributed by atoms with Crippen LogP contribution < -0.4 is 11.1 Å². The normalized spacial score (nSPS) is 16.3. The maximum absolute atomic E-state index is 11.8. The summed E-state index contributed by atoms with van der Waals surface area (Å²) in [7, 11) is 0. The van der Waals surface area contributed by atoms with Crippen LogP contribution in [0.2, 0.25) is 0 Å². The molecule has 1 aliphatic carbocycles. The van der Waals surface area contributed by atoms with E-state index >= 15 is 0 Å². The molecule has 1 atom stereocenters. The molecule has 0 aromatic heterocycles. The lowest BCUT2D eigenvalue weighted by molar-refractivity contribution is -0.124. The summed E-state index contributed by atoms with van der Waals surface area (Å²) in [6.07, 6.45) is 3.35. The summed E-state index contributed by atoms with van der Waals surface area (Å²) in [4.78, 5) is 11.8. The van der Waals surface area contributed by atoms with Crippen molar-refractivity contribution in [1.82, 2.24) is 5.32 Å². The van der Waals surface area contributed by atoms with E-state index in [4.69, 9.17) is 5.73 Å². The van der Waals surface area contributed by atoms with E-state index in [0.717, 1.165) is 12.3 Å². The highest BCUT2D eigenvalue weighted by atomic mass is 16.1. The van der Waals surface area contributed by atoms with Crippen LogP contribution in [0.1, 0.15) is 36.8 Å². The van der Waals surface area contributed by atoms with E-state index < -0.39 is 0 Å². The molecule has 1 aliphatic rings. The van der Waals surface area contributed by atoms with Gasteiger partial charge in [-0.15, -0.1) is 0 Å². The SMILES string of the molecule is CCNC(=O)C(CN)Cc1cccc(C2CC2)c1. The molecule has 0 spiro atoms. The van der Waals surface area contributed by atoms with Gasteiger partial charge in [-0.2, -0.15) is 0 Å². The van der Waals surface area contributed by atoms with Crippen LogP contribution in [-0.2, 0) is 11.2 Å². The van der Waals surface area contributed by atoms with Gasteiger partial charge in [-0.1, -0.05) is 24.3 Å². The Labute approximate surface area is 109 Å². The average Bonchev–Trinajstić information content (AvgIpc) is 3.21. The quantitative estimate of drug-likeness (QED) is 0.804. The Kier molecular flexibility index (Phi) is 4.37. The van der Waals surface area contributed by atoms with Gasteiger partial charge in [0.05, 0.1) is 5.92 Å². The van der Waals surface area contributed by atoms with E-state index in [2.05, 4.69) is 29.6 Å². The highest BCUT2D eigenvalue weighted by molar-refractivity contribution is 5.79. The van der Waals surface area contributed by atoms with Gasteiger partial charge in [-0.05, 0) is 43.2 Å². The minimum absolute atomic E-state index is 0.0665. The molecule has 0 saturated heterocycles. The lowest BCUT2D eigenvalue weighted by atomic mass is 9.96. The molecule has 18 heavy (non-hydrogen) atoms. The smallest absolute Gasteiger partial charge is 0.224 e. The molecule has 1 aromatic carbocycles. The lowest BCUT2D eigenvalue weighted by Crippen LogP contribution is -2.36. The number of nitrogens with one attached hydrogen (secondary N) is 1. The van der Waals surface area contributed by atoms with Crippen LogP contribution in [0.4, 0.5) is 0 Å². The second-order valence-electron chi connectivity index (χ2n) is 5.05. The van der Waals surface area contributed by atoms with Crippen LogP contribution >= 0.6 is 0 Å². The molecule has 3 N–H and O–H groups in total. The first-order valence-electron chi connectivity index (χ1n) is 6.81. The van der Waals surface area contributed by atoms with Gasteiger partial charge in [0, 0.05) is 13.1 Å². The van der Waals surface area contributed by atoms with E-state index in [1.54, 1.807) is 0 Å². The predicted octanol–water partition coefficient (Wildman–Crippen LogP) is 1.82. The average molecular weight is 246 g/mol. The summed E-state index contributed by atoms with van der Waals surface area (Å²) in [5.74, 6) is 0.710. The summed E-state index contributed by atoms with van der Waals surface area (Å²) >= 11 is 0. The van der Waals surface area contributed by atoms with Crippen molar-refractivity contribution in [3.8, 4) is 0 Å². The number of hydrogen-bond donors (Lipinski definition) is 2. The van der Waals surface area contributed by atoms with Crippen molar-refractivity contribution in [2.24, 2.45) is 11.7 Å². The van der Waals surface area contributed by atoms with Crippen molar-refractivity contribution in [1.29, 1.82) is 0 Å². The van der Waals surface area contributed by atoms with Gasteiger partial charge in [0.2, 0.25) is 5.91 Å². The number of nitrogens with two attached hydrogens (primary N) is 1. The fourth-order valence-corrected chi connectivity index (χ4v) is 2.28. The van der Waals surface area contributed by atoms with E-state index in [1.807, 2.05) is 6.92 Å². The van der Waals surface area contributed by atoms with Crippen molar-refractivity contribution in [3.63, 3.8) is 0 Å². The predicted molar refractivity (Wildman–Crippen MR) is 73.3 cm³/mol. The van der Waals surface area contributed by atoms with E-state index in [0.29, 0.717) is 13.1 Å². The first kappa shape index (κ1) is 13.1. The van der Waals surface area contributed by atoms with Gasteiger partial charge in [-0.25, -0.2) is 0 Å². The van der Waals surface area contributed by atoms with Crippen molar-refractivity contribution < 1.29 is 4.79 Å². The molecule has 0 heterocycles. The standard InChI is InChI=1S/C15H22N2O/c1-2-17-15(18)14(10-16)9-11-4-3-5-13(8-11)12-6-7-12/h3-5,8,12,14H,2,6-7,9-10,16H2,1H3,(H,17,18). The van der Waals surface area contributed by atoms with Crippen LogP contribution in [0.3, 0.4) is 0 Å². The van der Waals surface area contributed by atoms with Crippen molar-refractivity contribution in [2.45, 2.75) is 32.1 Å². The van der Waals surface area contributed by atoms with Gasteiger partial charge in [-0.3, -0.25) is 4.79 Å². The van der Waals surface area contributed by atoms with E-state index in [1.165, 1.54) is 24.0 Å². The number of amides is 1. The molecule has 1 saturated carbocycles. The minimum atomic E-state index is -0.112. The number of rotatable bonds is 6. The Morgan fingerprint density at radius 3 is 2.89 bits per heavy atom. The summed E-state index contributed by atoms with van der Waals surface area (Å²) in [6.45, 7) is 3.00. The zero-order valence-electron chi connectivity index (χ0n) is 11.0. The molecule has 2 rings (SSSR count). The summed E-state index contributed by atoms with van der Waals surface area (Å²) in [5, 5.41) is 2.85. The van der Waals surface area contributed by atoms with Crippen LogP contribution in [0.5, 0.6) is 0 Å². The molecule has 1 unspecified atom stereocenters. The second-order valence-corrected chi connectivity index (χ2v) is 5.05. The number of carbonyl (C=O) groups is 1. The van der Waals surface area contributed by atoms with E-state index in [9.17, 15) is 4.79 Å². The fourth-order valence-electron chi connectivity index (χ4n) is 2.28. The molecule has 1 amide bonds. The maximum atomic E-state index is 11.8. The highest BCUT2D eigenvalue weighted by Gasteiger charge is 2.24. The largest absolute Gasteiger partial charge is 0.356 e. The number of hydrogen-bond acceptors (Lipinski definition) is 2. The third kappa shape index (κ3) is 3.33. The molecular weight excluding hydrogens is 224 g/mol. The Hall–Kier alpha value is -1.35. The zero-order chi connectivity index (χ0) is 13.0. The third-order valence-corrected chi connectivity index (χ3v) is 3.49. The van der Waals surface area contributed by atoms with E-state index in [-0.39, 0.29) is 11.8 Å². The van der Waals surface area contributed by atoms with Crippen molar-refractivity contribution in [2.75, 3.05) is 13.1 Å². The first-order chi connectivity index (χ1) is 8.74. The number of carbonyl (C=O) groups excluding carboxylic acids is 1. The zero-order valence-corrected chi connectivity index (χ0v) is 11.0. The molecule has 98 valence electrons. The van der Waals surface area contributed by atoms with Gasteiger partial charge in [0.15, 0.2) is 0 Å². The van der Waals surface area contributed by atoms with Gasteiger partial charge in [0.25, 0.3) is 0 Å². The van der Waals surface area contributed by atoms with Crippen LogP contribution in [0, 0.1) is 5.92 Å². The van der Waals surface area contributed by atoms with Crippen LogP contribution in [0.25, 0.3) is 0 Å². The fraction of sp³-hybridized carbons (Fsp3) is 0.533. The topological polar surface area (TPSA) is 55.1 Å². The van der Waals surface area contributed by atoms with Gasteiger partial charge < -0.3 is 11.1 Å². The molecular formula is C15H22N2O. The monoisotopic (exact) mass is 246 g/mol. The minimum Gasteiger partial charge on any atom is -0.356 e. The summed E-state index contributed by atoms with van der Waals surface area (Å²) in [6, 6.07) is 8.60. The molecule has 0 bridgehead atoms. The first-order valence-corrected chi connectivity index (χ1v) is 6.81. The Bertz CT molecular complexity index is 413. The Morgan fingerprint density at radius 1 is 1.50 bits per heavy atom. The molecule has 1 aromatic rings. The lowest BCUT2D eigenvalue weighted by Gasteiger charge is -2.14. The molecule has 3 heteroatoms. The number of benzene rings is 1. The van der Waals surface area contributed by atoms with Crippen molar-refractivity contribution in [3.05, 3.63) is 35.4 Å². The second kappa shape index (κ2) is 6.01.